The van der Waals surface area contributed by atoms with Gasteiger partial charge in [0, 0.05) is 5.92 Å². The number of carbonyl (C=O) groups is 1. The van der Waals surface area contributed by atoms with Gasteiger partial charge in [-0.1, -0.05) is 24.3 Å². The molecule has 2 rings (SSSR count). The molecule has 0 radical (unpaired) electrons. The monoisotopic (exact) mass is 347 g/mol. The van der Waals surface area contributed by atoms with Crippen LogP contribution in [-0.4, -0.2) is 18.1 Å². The molecule has 134 valence electrons. The van der Waals surface area contributed by atoms with Gasteiger partial charge in [-0.2, -0.15) is 0 Å². The van der Waals surface area contributed by atoms with E-state index in [1.165, 1.54) is 19.1 Å². The van der Waals surface area contributed by atoms with Gasteiger partial charge in [0.25, 0.3) is 0 Å². The first-order chi connectivity index (χ1) is 11.7. The van der Waals surface area contributed by atoms with E-state index in [4.69, 9.17) is 10.5 Å². The molecule has 0 aliphatic rings. The zero-order chi connectivity index (χ0) is 18.7. The molecule has 0 unspecified atom stereocenters. The highest BCUT2D eigenvalue weighted by molar-refractivity contribution is 5.75. The Morgan fingerprint density at radius 1 is 0.960 bits per heavy atom. The van der Waals surface area contributed by atoms with Gasteiger partial charge in [0.05, 0.1) is 0 Å². The van der Waals surface area contributed by atoms with Gasteiger partial charge in [-0.3, -0.25) is 4.79 Å². The minimum atomic E-state index is -0.771. The minimum absolute atomic E-state index is 0.360. The van der Waals surface area contributed by atoms with Crippen molar-refractivity contribution in [1.29, 1.82) is 0 Å². The highest BCUT2D eigenvalue weighted by atomic mass is 19.1. The van der Waals surface area contributed by atoms with Crippen molar-refractivity contribution in [2.75, 3.05) is 0 Å². The van der Waals surface area contributed by atoms with Crippen molar-refractivity contribution in [3.05, 3.63) is 70.3 Å². The number of benzene rings is 2. The van der Waals surface area contributed by atoms with Gasteiger partial charge in [0.2, 0.25) is 0 Å². The topological polar surface area (TPSA) is 52.3 Å². The predicted molar refractivity (Wildman–Crippen MR) is 93.3 cm³/mol. The van der Waals surface area contributed by atoms with Crippen molar-refractivity contribution >= 4 is 5.97 Å². The molecule has 0 heterocycles. The molecule has 5 heteroatoms. The predicted octanol–water partition coefficient (Wildman–Crippen LogP) is 3.99. The van der Waals surface area contributed by atoms with Crippen LogP contribution in [0, 0.1) is 25.5 Å². The quantitative estimate of drug-likeness (QED) is 0.832. The van der Waals surface area contributed by atoms with E-state index in [2.05, 4.69) is 0 Å². The van der Waals surface area contributed by atoms with Crippen molar-refractivity contribution in [2.45, 2.75) is 45.8 Å². The number of hydrogen-bond donors (Lipinski definition) is 1. The molecule has 0 saturated heterocycles. The fourth-order valence-corrected chi connectivity index (χ4v) is 2.70. The molecule has 0 aliphatic heterocycles. The highest BCUT2D eigenvalue weighted by Gasteiger charge is 2.27. The zero-order valence-electron chi connectivity index (χ0n) is 14.8. The summed E-state index contributed by atoms with van der Waals surface area (Å²) in [5, 5.41) is 0. The van der Waals surface area contributed by atoms with Crippen LogP contribution in [0.15, 0.2) is 36.4 Å². The third-order valence-corrected chi connectivity index (χ3v) is 4.25. The molecule has 25 heavy (non-hydrogen) atoms. The SMILES string of the molecule is Cc1ccc(C(c2ccc(C)c(F)c2)[C@H](C)OC(=O)[C@H](C)N)cc1F. The van der Waals surface area contributed by atoms with E-state index < -0.39 is 24.0 Å². The molecule has 0 amide bonds. The number of rotatable bonds is 5. The molecular formula is C20H23F2NO2. The molecule has 3 nitrogen and oxygen atoms in total. The van der Waals surface area contributed by atoms with Gasteiger partial charge in [0.1, 0.15) is 23.8 Å². The van der Waals surface area contributed by atoms with E-state index >= 15 is 0 Å². The lowest BCUT2D eigenvalue weighted by Gasteiger charge is -2.26. The maximum Gasteiger partial charge on any atom is 0.322 e. The second-order valence-corrected chi connectivity index (χ2v) is 6.43. The third kappa shape index (κ3) is 4.42. The average Bonchev–Trinajstić information content (AvgIpc) is 2.54. The molecule has 2 N–H and O–H groups in total. The van der Waals surface area contributed by atoms with Crippen LogP contribution in [0.2, 0.25) is 0 Å². The van der Waals surface area contributed by atoms with Gasteiger partial charge >= 0.3 is 5.97 Å². The molecule has 2 aromatic carbocycles. The Balaban J connectivity index is 2.48. The Morgan fingerprint density at radius 2 is 1.40 bits per heavy atom. The summed E-state index contributed by atoms with van der Waals surface area (Å²) >= 11 is 0. The van der Waals surface area contributed by atoms with E-state index in [1.54, 1.807) is 45.0 Å². The number of carbonyl (C=O) groups excluding carboxylic acids is 1. The molecule has 2 atom stereocenters. The Hall–Kier alpha value is -2.27. The Bertz CT molecular complexity index is 723. The molecule has 0 aromatic heterocycles. The first kappa shape index (κ1) is 19.1. The number of hydrogen-bond acceptors (Lipinski definition) is 3. The van der Waals surface area contributed by atoms with E-state index in [1.807, 2.05) is 0 Å². The Morgan fingerprint density at radius 3 is 1.76 bits per heavy atom. The molecule has 2 aromatic rings. The normalized spacial score (nSPS) is 13.6. The standard InChI is InChI=1S/C20H23F2NO2/c1-11-5-7-15(9-17(11)21)19(14(4)25-20(24)13(3)23)16-8-6-12(2)18(22)10-16/h5-10,13-14,19H,23H2,1-4H3/t13-,14-/m0/s1. The van der Waals surface area contributed by atoms with Gasteiger partial charge in [0.15, 0.2) is 0 Å². The van der Waals surface area contributed by atoms with Crippen LogP contribution in [-0.2, 0) is 9.53 Å². The summed E-state index contributed by atoms with van der Waals surface area (Å²) in [5.74, 6) is -1.79. The van der Waals surface area contributed by atoms with Crippen molar-refractivity contribution in [3.63, 3.8) is 0 Å². The van der Waals surface area contributed by atoms with Crippen LogP contribution in [0.1, 0.15) is 42.0 Å². The fourth-order valence-electron chi connectivity index (χ4n) is 2.70. The highest BCUT2D eigenvalue weighted by Crippen LogP contribution is 2.32. The summed E-state index contributed by atoms with van der Waals surface area (Å²) in [7, 11) is 0. The van der Waals surface area contributed by atoms with Crippen LogP contribution in [0.3, 0.4) is 0 Å². The first-order valence-corrected chi connectivity index (χ1v) is 8.19. The van der Waals surface area contributed by atoms with Crippen LogP contribution in [0.4, 0.5) is 8.78 Å². The van der Waals surface area contributed by atoms with E-state index in [-0.39, 0.29) is 11.6 Å². The van der Waals surface area contributed by atoms with Gasteiger partial charge in [-0.05, 0) is 62.1 Å². The summed E-state index contributed by atoms with van der Waals surface area (Å²) < 4.78 is 33.5. The van der Waals surface area contributed by atoms with Crippen LogP contribution < -0.4 is 5.73 Å². The van der Waals surface area contributed by atoms with E-state index in [0.29, 0.717) is 22.3 Å². The lowest BCUT2D eigenvalue weighted by molar-refractivity contribution is -0.149. The summed E-state index contributed by atoms with van der Waals surface area (Å²) in [4.78, 5) is 11.9. The van der Waals surface area contributed by atoms with Crippen molar-refractivity contribution in [1.82, 2.24) is 0 Å². The number of aryl methyl sites for hydroxylation is 2. The Kier molecular flexibility index (Phi) is 5.90. The molecule has 0 bridgehead atoms. The molecule has 0 saturated carbocycles. The van der Waals surface area contributed by atoms with Gasteiger partial charge in [-0.15, -0.1) is 0 Å². The van der Waals surface area contributed by atoms with Crippen LogP contribution in [0.25, 0.3) is 0 Å². The summed E-state index contributed by atoms with van der Waals surface area (Å²) in [6, 6.07) is 8.85. The Labute approximate surface area is 146 Å². The summed E-state index contributed by atoms with van der Waals surface area (Å²) in [5.41, 5.74) is 7.79. The van der Waals surface area contributed by atoms with Gasteiger partial charge in [-0.25, -0.2) is 8.78 Å². The number of esters is 1. The van der Waals surface area contributed by atoms with Crippen LogP contribution in [0.5, 0.6) is 0 Å². The van der Waals surface area contributed by atoms with Crippen LogP contribution >= 0.6 is 0 Å². The minimum Gasteiger partial charge on any atom is -0.461 e. The lowest BCUT2D eigenvalue weighted by atomic mass is 9.86. The summed E-state index contributed by atoms with van der Waals surface area (Å²) in [6.07, 6.45) is -0.636. The second-order valence-electron chi connectivity index (χ2n) is 6.43. The number of halogens is 2. The maximum absolute atomic E-state index is 14.1. The lowest BCUT2D eigenvalue weighted by Crippen LogP contribution is -2.33. The largest absolute Gasteiger partial charge is 0.461 e. The average molecular weight is 347 g/mol. The number of ether oxygens (including phenoxy) is 1. The number of nitrogens with two attached hydrogens (primary N) is 1. The van der Waals surface area contributed by atoms with E-state index in [9.17, 15) is 13.6 Å². The van der Waals surface area contributed by atoms with Gasteiger partial charge < -0.3 is 10.5 Å². The first-order valence-electron chi connectivity index (χ1n) is 8.19. The maximum atomic E-state index is 14.1. The third-order valence-electron chi connectivity index (χ3n) is 4.25. The van der Waals surface area contributed by atoms with E-state index in [0.717, 1.165) is 0 Å². The summed E-state index contributed by atoms with van der Waals surface area (Å²) in [6.45, 7) is 6.56. The molecule has 0 fully saturated rings. The zero-order valence-corrected chi connectivity index (χ0v) is 14.8. The smallest absolute Gasteiger partial charge is 0.322 e. The van der Waals surface area contributed by atoms with Crippen molar-refractivity contribution in [3.8, 4) is 0 Å². The molecule has 0 aliphatic carbocycles. The van der Waals surface area contributed by atoms with Crippen molar-refractivity contribution in [2.24, 2.45) is 5.73 Å². The van der Waals surface area contributed by atoms with Crippen molar-refractivity contribution < 1.29 is 18.3 Å². The molecule has 0 spiro atoms. The second kappa shape index (κ2) is 7.74. The molecular weight excluding hydrogens is 324 g/mol. The fraction of sp³-hybridized carbons (Fsp3) is 0.350.